The van der Waals surface area contributed by atoms with Gasteiger partial charge in [0, 0.05) is 6.07 Å². The van der Waals surface area contributed by atoms with Crippen molar-refractivity contribution < 1.29 is 24.0 Å². The number of aromatic nitrogens is 1. The van der Waals surface area contributed by atoms with Crippen LogP contribution in [0.1, 0.15) is 33.5 Å². The molecule has 20 heavy (non-hydrogen) atoms. The van der Waals surface area contributed by atoms with Gasteiger partial charge in [0.05, 0.1) is 11.0 Å². The molecule has 7 nitrogen and oxygen atoms in total. The van der Waals surface area contributed by atoms with Crippen LogP contribution < -0.4 is 10.1 Å². The molecule has 1 amide bonds. The monoisotopic (exact) mass is 284 g/mol. The number of aryl methyl sites for hydroxylation is 1. The number of carboxylic acids is 1. The van der Waals surface area contributed by atoms with Crippen LogP contribution in [0.15, 0.2) is 10.6 Å². The number of amides is 1. The summed E-state index contributed by atoms with van der Waals surface area (Å²) < 4.78 is 9.94. The molecule has 1 heterocycles. The van der Waals surface area contributed by atoms with Gasteiger partial charge in [-0.3, -0.25) is 9.59 Å². The second kappa shape index (κ2) is 5.52. The number of nitrogens with zero attached hydrogens (tertiary/aromatic N) is 1. The highest BCUT2D eigenvalue weighted by Crippen LogP contribution is 2.30. The van der Waals surface area contributed by atoms with E-state index >= 15 is 0 Å². The smallest absolute Gasteiger partial charge is 0.311 e. The van der Waals surface area contributed by atoms with E-state index in [0.29, 0.717) is 5.76 Å². The summed E-state index contributed by atoms with van der Waals surface area (Å²) in [5.41, 5.74) is -2.05. The minimum absolute atomic E-state index is 0.216. The second-order valence-corrected chi connectivity index (χ2v) is 5.67. The first-order chi connectivity index (χ1) is 9.06. The maximum absolute atomic E-state index is 11.8. The van der Waals surface area contributed by atoms with Gasteiger partial charge in [0.15, 0.2) is 6.61 Å². The molecule has 0 atom stereocenters. The fourth-order valence-electron chi connectivity index (χ4n) is 1.36. The molecule has 0 saturated heterocycles. The van der Waals surface area contributed by atoms with Gasteiger partial charge in [0.2, 0.25) is 0 Å². The lowest BCUT2D eigenvalue weighted by atomic mass is 9.74. The zero-order chi connectivity index (χ0) is 15.6. The van der Waals surface area contributed by atoms with Gasteiger partial charge in [0.25, 0.3) is 11.8 Å². The molecule has 1 rings (SSSR count). The Hall–Kier alpha value is -2.05. The Bertz CT molecular complexity index is 505. The number of rotatable bonds is 6. The van der Waals surface area contributed by atoms with Crippen LogP contribution in [-0.4, -0.2) is 34.3 Å². The predicted octanol–water partition coefficient (Wildman–Crippen LogP) is 1.37. The Morgan fingerprint density at radius 2 is 2.00 bits per heavy atom. The Morgan fingerprint density at radius 3 is 2.45 bits per heavy atom. The molecule has 1 aromatic heterocycles. The molecule has 1 aromatic rings. The molecule has 0 radical (unpaired) electrons. The summed E-state index contributed by atoms with van der Waals surface area (Å²) >= 11 is 0. The van der Waals surface area contributed by atoms with Gasteiger partial charge in [-0.25, -0.2) is 0 Å². The van der Waals surface area contributed by atoms with Crippen LogP contribution in [0.3, 0.4) is 0 Å². The van der Waals surface area contributed by atoms with Crippen molar-refractivity contribution in [2.24, 2.45) is 5.41 Å². The Balaban J connectivity index is 2.59. The summed E-state index contributed by atoms with van der Waals surface area (Å²) in [5, 5.41) is 15.4. The zero-order valence-corrected chi connectivity index (χ0v) is 12.3. The van der Waals surface area contributed by atoms with Crippen molar-refractivity contribution in [3.8, 4) is 5.88 Å². The number of carbonyl (C=O) groups is 2. The lowest BCUT2D eigenvalue weighted by molar-refractivity contribution is -0.152. The van der Waals surface area contributed by atoms with Gasteiger partial charge < -0.3 is 19.7 Å². The Labute approximate surface area is 117 Å². The van der Waals surface area contributed by atoms with Crippen LogP contribution in [0.5, 0.6) is 5.88 Å². The molecular formula is C13H20N2O5. The number of hydrogen-bond acceptors (Lipinski definition) is 5. The third-order valence-electron chi connectivity index (χ3n) is 3.51. The summed E-state index contributed by atoms with van der Waals surface area (Å²) in [7, 11) is 0. The molecule has 2 N–H and O–H groups in total. The molecule has 0 aliphatic rings. The molecule has 0 unspecified atom stereocenters. The lowest BCUT2D eigenvalue weighted by Crippen LogP contribution is -2.57. The first-order valence-electron chi connectivity index (χ1n) is 6.17. The second-order valence-electron chi connectivity index (χ2n) is 5.67. The van der Waals surface area contributed by atoms with E-state index in [0.717, 1.165) is 0 Å². The van der Waals surface area contributed by atoms with E-state index < -0.39 is 22.8 Å². The Morgan fingerprint density at radius 1 is 1.40 bits per heavy atom. The number of carboxylic acid groups (broad SMARTS) is 1. The fourth-order valence-corrected chi connectivity index (χ4v) is 1.36. The Kier molecular flexibility index (Phi) is 4.42. The highest BCUT2D eigenvalue weighted by atomic mass is 16.5. The molecule has 0 bridgehead atoms. The van der Waals surface area contributed by atoms with E-state index in [-0.39, 0.29) is 12.5 Å². The summed E-state index contributed by atoms with van der Waals surface area (Å²) in [6.45, 7) is 7.86. The van der Waals surface area contributed by atoms with E-state index in [2.05, 4.69) is 10.5 Å². The normalized spacial score (nSPS) is 12.1. The lowest BCUT2D eigenvalue weighted by Gasteiger charge is -2.38. The molecule has 7 heteroatoms. The summed E-state index contributed by atoms with van der Waals surface area (Å²) in [6, 6.07) is 1.56. The summed E-state index contributed by atoms with van der Waals surface area (Å²) in [6.07, 6.45) is 0. The highest BCUT2D eigenvalue weighted by molar-refractivity contribution is 5.81. The van der Waals surface area contributed by atoms with Crippen LogP contribution >= 0.6 is 0 Å². The van der Waals surface area contributed by atoms with Crippen LogP contribution in [0.4, 0.5) is 0 Å². The minimum Gasteiger partial charge on any atom is -0.481 e. The third kappa shape index (κ3) is 3.49. The van der Waals surface area contributed by atoms with E-state index in [1.54, 1.807) is 40.7 Å². The molecule has 0 aromatic carbocycles. The van der Waals surface area contributed by atoms with E-state index in [9.17, 15) is 14.7 Å². The molecule has 0 aliphatic carbocycles. The quantitative estimate of drug-likeness (QED) is 0.818. The molecule has 112 valence electrons. The van der Waals surface area contributed by atoms with Crippen molar-refractivity contribution in [2.45, 2.75) is 40.2 Å². The number of ether oxygens (including phenoxy) is 1. The van der Waals surface area contributed by atoms with Crippen LogP contribution in [0.2, 0.25) is 0 Å². The first-order valence-corrected chi connectivity index (χ1v) is 6.17. The zero-order valence-electron chi connectivity index (χ0n) is 12.3. The average molecular weight is 284 g/mol. The van der Waals surface area contributed by atoms with Crippen molar-refractivity contribution in [3.05, 3.63) is 11.8 Å². The molecule has 0 saturated carbocycles. The highest BCUT2D eigenvalue weighted by Gasteiger charge is 2.44. The molecule has 0 fully saturated rings. The van der Waals surface area contributed by atoms with Crippen molar-refractivity contribution >= 4 is 11.9 Å². The van der Waals surface area contributed by atoms with Crippen molar-refractivity contribution in [3.63, 3.8) is 0 Å². The SMILES string of the molecule is Cc1cc(OCC(=O)NC(C)(C)C(C)(C)C(=O)O)no1. The summed E-state index contributed by atoms with van der Waals surface area (Å²) in [5.74, 6) is -0.624. The molecule has 0 spiro atoms. The van der Waals surface area contributed by atoms with Crippen molar-refractivity contribution in [2.75, 3.05) is 6.61 Å². The largest absolute Gasteiger partial charge is 0.481 e. The van der Waals surface area contributed by atoms with E-state index in [1.165, 1.54) is 0 Å². The third-order valence-corrected chi connectivity index (χ3v) is 3.51. The number of aliphatic carboxylic acids is 1. The summed E-state index contributed by atoms with van der Waals surface area (Å²) in [4.78, 5) is 23.0. The van der Waals surface area contributed by atoms with Crippen molar-refractivity contribution in [1.29, 1.82) is 0 Å². The molecule has 0 aliphatic heterocycles. The topological polar surface area (TPSA) is 102 Å². The van der Waals surface area contributed by atoms with Crippen LogP contribution in [-0.2, 0) is 9.59 Å². The van der Waals surface area contributed by atoms with E-state index in [1.807, 2.05) is 0 Å². The van der Waals surface area contributed by atoms with E-state index in [4.69, 9.17) is 9.26 Å². The number of nitrogens with one attached hydrogen (secondary N) is 1. The van der Waals surface area contributed by atoms with Gasteiger partial charge in [-0.1, -0.05) is 0 Å². The fraction of sp³-hybridized carbons (Fsp3) is 0.615. The van der Waals surface area contributed by atoms with Gasteiger partial charge in [-0.05, 0) is 39.8 Å². The maximum Gasteiger partial charge on any atom is 0.311 e. The van der Waals surface area contributed by atoms with Gasteiger partial charge in [-0.2, -0.15) is 0 Å². The van der Waals surface area contributed by atoms with Crippen LogP contribution in [0.25, 0.3) is 0 Å². The standard InChI is InChI=1S/C13H20N2O5/c1-8-6-10(15-20-8)19-7-9(16)14-13(4,5)12(2,3)11(17)18/h6H,7H2,1-5H3,(H,14,16)(H,17,18). The molecular weight excluding hydrogens is 264 g/mol. The van der Waals surface area contributed by atoms with Gasteiger partial charge >= 0.3 is 5.97 Å². The number of carbonyl (C=O) groups excluding carboxylic acids is 1. The predicted molar refractivity (Wildman–Crippen MR) is 70.4 cm³/mol. The van der Waals surface area contributed by atoms with Crippen LogP contribution in [0, 0.1) is 12.3 Å². The average Bonchev–Trinajstić information content (AvgIpc) is 2.71. The van der Waals surface area contributed by atoms with Crippen molar-refractivity contribution in [1.82, 2.24) is 10.5 Å². The van der Waals surface area contributed by atoms with Gasteiger partial charge in [-0.15, -0.1) is 0 Å². The van der Waals surface area contributed by atoms with Gasteiger partial charge in [0.1, 0.15) is 5.76 Å². The minimum atomic E-state index is -1.12. The number of hydrogen-bond donors (Lipinski definition) is 2. The first kappa shape index (κ1) is 16.0. The maximum atomic E-state index is 11.8.